The van der Waals surface area contributed by atoms with Crippen LogP contribution in [0.4, 0.5) is 5.69 Å². The van der Waals surface area contributed by atoms with Crippen LogP contribution in [-0.2, 0) is 11.2 Å². The van der Waals surface area contributed by atoms with Crippen molar-refractivity contribution >= 4 is 17.2 Å². The van der Waals surface area contributed by atoms with Gasteiger partial charge in [0.25, 0.3) is 0 Å². The van der Waals surface area contributed by atoms with E-state index in [1.807, 2.05) is 53.4 Å². The van der Waals surface area contributed by atoms with Gasteiger partial charge < -0.3 is 4.90 Å². The number of rotatable bonds is 2. The van der Waals surface area contributed by atoms with E-state index in [1.165, 1.54) is 5.57 Å². The van der Waals surface area contributed by atoms with Crippen LogP contribution in [0, 0.1) is 0 Å². The quantitative estimate of drug-likeness (QED) is 0.800. The molecule has 0 fully saturated rings. The summed E-state index contributed by atoms with van der Waals surface area (Å²) in [6.45, 7) is 6.30. The fourth-order valence-electron chi connectivity index (χ4n) is 3.29. The largest absolute Gasteiger partial charge is 0.302 e. The van der Waals surface area contributed by atoms with E-state index in [1.54, 1.807) is 0 Å². The van der Waals surface area contributed by atoms with E-state index in [0.717, 1.165) is 16.8 Å². The Morgan fingerprint density at radius 2 is 1.64 bits per heavy atom. The molecule has 0 spiro atoms. The molecule has 0 aliphatic carbocycles. The Bertz CT molecular complexity index is 728. The zero-order chi connectivity index (χ0) is 15.7. The maximum Gasteiger partial charge on any atom is 0.232 e. The molecule has 1 aliphatic rings. The average Bonchev–Trinajstić information content (AvgIpc) is 2.47. The van der Waals surface area contributed by atoms with Crippen molar-refractivity contribution in [1.29, 1.82) is 0 Å². The topological polar surface area (TPSA) is 20.3 Å². The summed E-state index contributed by atoms with van der Waals surface area (Å²) in [7, 11) is 0. The fourth-order valence-corrected chi connectivity index (χ4v) is 3.29. The molecule has 2 heteroatoms. The van der Waals surface area contributed by atoms with Gasteiger partial charge in [-0.2, -0.15) is 0 Å². The molecule has 0 N–H and O–H groups in total. The number of para-hydroxylation sites is 1. The molecule has 1 amide bonds. The van der Waals surface area contributed by atoms with Crippen molar-refractivity contribution in [3.05, 3.63) is 71.8 Å². The second-order valence-corrected chi connectivity index (χ2v) is 6.39. The van der Waals surface area contributed by atoms with E-state index in [4.69, 9.17) is 0 Å². The molecular formula is C20H21NO. The summed E-state index contributed by atoms with van der Waals surface area (Å²) in [5.41, 5.74) is 4.11. The first-order valence-corrected chi connectivity index (χ1v) is 7.65. The van der Waals surface area contributed by atoms with Gasteiger partial charge in [0, 0.05) is 5.56 Å². The maximum absolute atomic E-state index is 12.9. The summed E-state index contributed by atoms with van der Waals surface area (Å²) in [4.78, 5) is 14.9. The molecule has 0 saturated carbocycles. The lowest BCUT2D eigenvalue weighted by Gasteiger charge is -2.41. The normalized spacial score (nSPS) is 16.0. The number of hydrogen-bond donors (Lipinski definition) is 0. The first-order valence-electron chi connectivity index (χ1n) is 7.65. The van der Waals surface area contributed by atoms with Gasteiger partial charge in [-0.1, -0.05) is 54.6 Å². The highest BCUT2D eigenvalue weighted by Gasteiger charge is 2.35. The van der Waals surface area contributed by atoms with Gasteiger partial charge in [-0.3, -0.25) is 4.79 Å². The van der Waals surface area contributed by atoms with Gasteiger partial charge in [0.15, 0.2) is 0 Å². The molecule has 1 heterocycles. The minimum Gasteiger partial charge on any atom is -0.302 e. The molecule has 0 unspecified atom stereocenters. The smallest absolute Gasteiger partial charge is 0.232 e. The van der Waals surface area contributed by atoms with Crippen LogP contribution in [-0.4, -0.2) is 11.4 Å². The van der Waals surface area contributed by atoms with E-state index in [9.17, 15) is 4.79 Å². The third-order valence-corrected chi connectivity index (χ3v) is 4.16. The molecule has 1 aliphatic heterocycles. The maximum atomic E-state index is 12.9. The third kappa shape index (κ3) is 2.57. The van der Waals surface area contributed by atoms with E-state index >= 15 is 0 Å². The van der Waals surface area contributed by atoms with Gasteiger partial charge >= 0.3 is 0 Å². The zero-order valence-corrected chi connectivity index (χ0v) is 13.3. The van der Waals surface area contributed by atoms with Gasteiger partial charge in [-0.15, -0.1) is 0 Å². The minimum atomic E-state index is -0.315. The SMILES string of the molecule is CC1=CC(C)(C)N(C(=O)Cc2ccccc2)c2ccccc21. The lowest BCUT2D eigenvalue weighted by Crippen LogP contribution is -2.49. The van der Waals surface area contributed by atoms with E-state index in [-0.39, 0.29) is 11.4 Å². The molecule has 0 bridgehead atoms. The van der Waals surface area contributed by atoms with Crippen LogP contribution in [0.15, 0.2) is 60.7 Å². The highest BCUT2D eigenvalue weighted by atomic mass is 16.2. The molecule has 22 heavy (non-hydrogen) atoms. The molecule has 0 aromatic heterocycles. The Labute approximate surface area is 132 Å². The molecule has 0 saturated heterocycles. The number of fused-ring (bicyclic) bond motifs is 1. The van der Waals surface area contributed by atoms with Crippen molar-refractivity contribution in [3.63, 3.8) is 0 Å². The Balaban J connectivity index is 2.00. The van der Waals surface area contributed by atoms with Crippen LogP contribution in [0.1, 0.15) is 31.9 Å². The van der Waals surface area contributed by atoms with Crippen LogP contribution in [0.5, 0.6) is 0 Å². The van der Waals surface area contributed by atoms with Crippen LogP contribution >= 0.6 is 0 Å². The van der Waals surface area contributed by atoms with Crippen molar-refractivity contribution in [2.24, 2.45) is 0 Å². The first-order chi connectivity index (χ1) is 10.5. The average molecular weight is 291 g/mol. The Hall–Kier alpha value is -2.35. The molecule has 112 valence electrons. The summed E-state index contributed by atoms with van der Waals surface area (Å²) in [6, 6.07) is 18.1. The van der Waals surface area contributed by atoms with Gasteiger partial charge in [-0.25, -0.2) is 0 Å². The number of nitrogens with zero attached hydrogens (tertiary/aromatic N) is 1. The van der Waals surface area contributed by atoms with Gasteiger partial charge in [0.05, 0.1) is 17.6 Å². The summed E-state index contributed by atoms with van der Waals surface area (Å²) in [5.74, 6) is 0.132. The number of carbonyl (C=O) groups excluding carboxylic acids is 1. The molecule has 2 aromatic rings. The summed E-state index contributed by atoms with van der Waals surface area (Å²) < 4.78 is 0. The highest BCUT2D eigenvalue weighted by molar-refractivity contribution is 6.01. The van der Waals surface area contributed by atoms with Gasteiger partial charge in [0.2, 0.25) is 5.91 Å². The van der Waals surface area contributed by atoms with Gasteiger partial charge in [-0.05, 0) is 38.0 Å². The van der Waals surface area contributed by atoms with E-state index in [2.05, 4.69) is 32.9 Å². The molecule has 3 rings (SSSR count). The second kappa shape index (κ2) is 5.45. The predicted molar refractivity (Wildman–Crippen MR) is 91.8 cm³/mol. The number of anilines is 1. The van der Waals surface area contributed by atoms with E-state index in [0.29, 0.717) is 6.42 Å². The van der Waals surface area contributed by atoms with Crippen molar-refractivity contribution in [1.82, 2.24) is 0 Å². The number of amides is 1. The van der Waals surface area contributed by atoms with Gasteiger partial charge in [0.1, 0.15) is 0 Å². The zero-order valence-electron chi connectivity index (χ0n) is 13.3. The fraction of sp³-hybridized carbons (Fsp3) is 0.250. The minimum absolute atomic E-state index is 0.132. The summed E-state index contributed by atoms with van der Waals surface area (Å²) in [5, 5.41) is 0. The van der Waals surface area contributed by atoms with Crippen molar-refractivity contribution in [2.45, 2.75) is 32.7 Å². The van der Waals surface area contributed by atoms with Crippen LogP contribution < -0.4 is 4.90 Å². The van der Waals surface area contributed by atoms with E-state index < -0.39 is 0 Å². The first kappa shape index (κ1) is 14.6. The van der Waals surface area contributed by atoms with Crippen LogP contribution in [0.25, 0.3) is 5.57 Å². The van der Waals surface area contributed by atoms with Crippen molar-refractivity contribution in [2.75, 3.05) is 4.90 Å². The van der Waals surface area contributed by atoms with Crippen molar-refractivity contribution < 1.29 is 4.79 Å². The molecule has 2 aromatic carbocycles. The van der Waals surface area contributed by atoms with Crippen LogP contribution in [0.2, 0.25) is 0 Å². The van der Waals surface area contributed by atoms with Crippen LogP contribution in [0.3, 0.4) is 0 Å². The van der Waals surface area contributed by atoms with Crippen molar-refractivity contribution in [3.8, 4) is 0 Å². The summed E-state index contributed by atoms with van der Waals surface area (Å²) in [6.07, 6.45) is 2.60. The third-order valence-electron chi connectivity index (χ3n) is 4.16. The molecular weight excluding hydrogens is 270 g/mol. The second-order valence-electron chi connectivity index (χ2n) is 6.39. The number of carbonyl (C=O) groups is 1. The molecule has 0 atom stereocenters. The number of benzene rings is 2. The summed E-state index contributed by atoms with van der Waals surface area (Å²) >= 11 is 0. The monoisotopic (exact) mass is 291 g/mol. The highest BCUT2D eigenvalue weighted by Crippen LogP contribution is 2.38. The standard InChI is InChI=1S/C20H21NO/c1-15-14-20(2,3)21(18-12-8-7-11-17(15)18)19(22)13-16-9-5-4-6-10-16/h4-12,14H,13H2,1-3H3. The lowest BCUT2D eigenvalue weighted by atomic mass is 9.88. The Morgan fingerprint density at radius 1 is 1.00 bits per heavy atom. The predicted octanol–water partition coefficient (Wildman–Crippen LogP) is 4.46. The Morgan fingerprint density at radius 3 is 2.36 bits per heavy atom. The lowest BCUT2D eigenvalue weighted by molar-refractivity contribution is -0.118. The number of allylic oxidation sites excluding steroid dienone is 1. The Kier molecular flexibility index (Phi) is 3.61. The molecule has 0 radical (unpaired) electrons. The number of hydrogen-bond acceptors (Lipinski definition) is 1. The molecule has 2 nitrogen and oxygen atoms in total.